The summed E-state index contributed by atoms with van der Waals surface area (Å²) in [4.78, 5) is 40.0. The van der Waals surface area contributed by atoms with Crippen molar-refractivity contribution in [2.75, 3.05) is 37.0 Å². The zero-order valence-electron chi connectivity index (χ0n) is 24.7. The normalized spacial score (nSPS) is 16.5. The number of piperidine rings is 1. The highest BCUT2D eigenvalue weighted by Gasteiger charge is 2.31. The second-order valence-electron chi connectivity index (χ2n) is 11.3. The first-order chi connectivity index (χ1) is 22.0. The van der Waals surface area contributed by atoms with Crippen molar-refractivity contribution in [1.29, 1.82) is 0 Å². The molecule has 2 saturated heterocycles. The van der Waals surface area contributed by atoms with Crippen molar-refractivity contribution >= 4 is 40.1 Å². The quantitative estimate of drug-likeness (QED) is 0.250. The van der Waals surface area contributed by atoms with Crippen LogP contribution in [-0.4, -0.2) is 59.3 Å². The molecule has 2 fully saturated rings. The Hall–Kier alpha value is -4.98. The van der Waals surface area contributed by atoms with E-state index in [2.05, 4.69) is 15.5 Å². The molecule has 2 N–H and O–H groups in total. The van der Waals surface area contributed by atoms with Gasteiger partial charge in [0.1, 0.15) is 22.8 Å². The van der Waals surface area contributed by atoms with Gasteiger partial charge in [-0.15, -0.1) is 0 Å². The first-order valence-corrected chi connectivity index (χ1v) is 14.7. The van der Waals surface area contributed by atoms with Crippen molar-refractivity contribution in [2.45, 2.75) is 38.0 Å². The molecule has 10 nitrogen and oxygen atoms in total. The predicted molar refractivity (Wildman–Crippen MR) is 161 cm³/mol. The van der Waals surface area contributed by atoms with E-state index in [0.717, 1.165) is 30.4 Å². The molecule has 6 rings (SSSR count). The van der Waals surface area contributed by atoms with Gasteiger partial charge in [0.05, 0.1) is 18.7 Å². The van der Waals surface area contributed by atoms with Crippen LogP contribution in [0.25, 0.3) is 10.9 Å². The van der Waals surface area contributed by atoms with Gasteiger partial charge in [-0.1, -0.05) is 12.1 Å². The minimum Gasteiger partial charge on any atom is -0.494 e. The molecule has 46 heavy (non-hydrogen) atoms. The number of nitrogens with one attached hydrogen (secondary N) is 2. The third-order valence-corrected chi connectivity index (χ3v) is 8.30. The van der Waals surface area contributed by atoms with Crippen LogP contribution >= 0.6 is 0 Å². The van der Waals surface area contributed by atoms with Crippen LogP contribution in [0, 0.1) is 5.82 Å². The van der Waals surface area contributed by atoms with E-state index in [4.69, 9.17) is 9.84 Å². The summed E-state index contributed by atoms with van der Waals surface area (Å²) in [7, 11) is 1.43. The number of methoxy groups -OCH3 is 1. The van der Waals surface area contributed by atoms with E-state index in [9.17, 15) is 27.6 Å². The summed E-state index contributed by atoms with van der Waals surface area (Å²) in [6.45, 7) is 1.91. The Morgan fingerprint density at radius 3 is 2.54 bits per heavy atom. The smallest absolute Gasteiger partial charge is 0.416 e. The molecule has 14 heteroatoms. The summed E-state index contributed by atoms with van der Waals surface area (Å²) in [5.41, 5.74) is 0.500. The molecule has 4 amide bonds. The highest BCUT2D eigenvalue weighted by atomic mass is 19.4. The molecule has 240 valence electrons. The van der Waals surface area contributed by atoms with E-state index in [1.807, 2.05) is 10.9 Å². The van der Waals surface area contributed by atoms with Gasteiger partial charge in [0.2, 0.25) is 5.91 Å². The van der Waals surface area contributed by atoms with Gasteiger partial charge < -0.3 is 10.1 Å². The van der Waals surface area contributed by atoms with Crippen LogP contribution in [0.15, 0.2) is 60.8 Å². The number of fused-ring (bicyclic) bond motifs is 1. The Labute approximate surface area is 260 Å². The fourth-order valence-electron chi connectivity index (χ4n) is 5.81. The van der Waals surface area contributed by atoms with Gasteiger partial charge in [-0.05, 0) is 55.3 Å². The van der Waals surface area contributed by atoms with Gasteiger partial charge in [-0.2, -0.15) is 18.3 Å². The van der Waals surface area contributed by atoms with Gasteiger partial charge in [-0.25, -0.2) is 9.18 Å². The molecule has 2 aliphatic rings. The molecule has 0 spiro atoms. The van der Waals surface area contributed by atoms with Crippen molar-refractivity contribution in [3.05, 3.63) is 83.3 Å². The standard InChI is InChI=1S/C32H30F4N6O4/c1-46-26-8-6-21-18-42(39-28(21)29(26)38-30(44)19-3-2-4-22(15-19)32(34,35)36)23-9-12-40(13-10-23)17-20-5-7-24(16-25(20)33)41-14-11-27(43)37-31(41)45/h2-8,15-16,18,23H,9-14,17H2,1H3,(H,38,44)(H,37,43,45). The van der Waals surface area contributed by atoms with Crippen LogP contribution < -0.4 is 20.3 Å². The molecular weight excluding hydrogens is 608 g/mol. The van der Waals surface area contributed by atoms with Crippen LogP contribution in [0.1, 0.15) is 46.8 Å². The average molecular weight is 639 g/mol. The number of urea groups is 1. The van der Waals surface area contributed by atoms with E-state index in [0.29, 0.717) is 42.2 Å². The van der Waals surface area contributed by atoms with Crippen LogP contribution in [0.4, 0.5) is 33.7 Å². The fourth-order valence-corrected chi connectivity index (χ4v) is 5.81. The molecule has 0 aliphatic carbocycles. The summed E-state index contributed by atoms with van der Waals surface area (Å²) in [6.07, 6.45) is -1.13. The zero-order valence-corrected chi connectivity index (χ0v) is 24.7. The second kappa shape index (κ2) is 12.4. The lowest BCUT2D eigenvalue weighted by molar-refractivity contribution is -0.137. The largest absolute Gasteiger partial charge is 0.494 e. The maximum atomic E-state index is 15.0. The molecule has 0 atom stereocenters. The minimum atomic E-state index is -4.59. The fraction of sp³-hybridized carbons (Fsp3) is 0.312. The highest BCUT2D eigenvalue weighted by molar-refractivity contribution is 6.10. The third kappa shape index (κ3) is 6.38. The number of carbonyl (C=O) groups excluding carboxylic acids is 3. The molecule has 3 aromatic carbocycles. The Balaban J connectivity index is 1.13. The van der Waals surface area contributed by atoms with Crippen molar-refractivity contribution in [3.63, 3.8) is 0 Å². The van der Waals surface area contributed by atoms with Gasteiger partial charge in [-0.3, -0.25) is 29.4 Å². The lowest BCUT2D eigenvalue weighted by Gasteiger charge is -2.32. The number of benzene rings is 3. The van der Waals surface area contributed by atoms with Gasteiger partial charge in [0.15, 0.2) is 0 Å². The number of halogens is 4. The number of aromatic nitrogens is 2. The summed E-state index contributed by atoms with van der Waals surface area (Å²) in [6, 6.07) is 11.7. The van der Waals surface area contributed by atoms with Crippen molar-refractivity contribution in [1.82, 2.24) is 20.0 Å². The number of ether oxygens (including phenoxy) is 1. The van der Waals surface area contributed by atoms with Gasteiger partial charge in [0, 0.05) is 61.0 Å². The Bertz CT molecular complexity index is 1820. The SMILES string of the molecule is COc1ccc2cn(C3CCN(Cc4ccc(N5CCC(=O)NC5=O)cc4F)CC3)nc2c1NC(=O)c1cccc(C(F)(F)F)c1. The minimum absolute atomic E-state index is 0.0224. The van der Waals surface area contributed by atoms with Crippen LogP contribution in [0.2, 0.25) is 0 Å². The maximum absolute atomic E-state index is 15.0. The van der Waals surface area contributed by atoms with Crippen LogP contribution in [-0.2, 0) is 17.5 Å². The third-order valence-electron chi connectivity index (χ3n) is 8.30. The van der Waals surface area contributed by atoms with Gasteiger partial charge in [0.25, 0.3) is 5.91 Å². The van der Waals surface area contributed by atoms with E-state index in [-0.39, 0.29) is 36.2 Å². The molecular formula is C32H30F4N6O4. The summed E-state index contributed by atoms with van der Waals surface area (Å²) < 4.78 is 61.9. The second-order valence-corrected chi connectivity index (χ2v) is 11.3. The number of hydrogen-bond donors (Lipinski definition) is 2. The summed E-state index contributed by atoms with van der Waals surface area (Å²) >= 11 is 0. The van der Waals surface area contributed by atoms with E-state index in [1.165, 1.54) is 30.2 Å². The number of hydrogen-bond acceptors (Lipinski definition) is 6. The van der Waals surface area contributed by atoms with Crippen molar-refractivity contribution < 1.29 is 36.7 Å². The Morgan fingerprint density at radius 1 is 1.07 bits per heavy atom. The van der Waals surface area contributed by atoms with Crippen LogP contribution in [0.3, 0.4) is 0 Å². The number of likely N-dealkylation sites (tertiary alicyclic amines) is 1. The number of amides is 4. The number of rotatable bonds is 7. The lowest BCUT2D eigenvalue weighted by Crippen LogP contribution is -2.49. The first-order valence-electron chi connectivity index (χ1n) is 14.7. The zero-order chi connectivity index (χ0) is 32.6. The summed E-state index contributed by atoms with van der Waals surface area (Å²) in [5.74, 6) is -1.20. The highest BCUT2D eigenvalue weighted by Crippen LogP contribution is 2.35. The molecule has 2 aliphatic heterocycles. The first kappa shape index (κ1) is 31.0. The predicted octanol–water partition coefficient (Wildman–Crippen LogP) is 5.74. The number of carbonyl (C=O) groups is 3. The van der Waals surface area contributed by atoms with Crippen molar-refractivity contribution in [3.8, 4) is 5.75 Å². The topological polar surface area (TPSA) is 109 Å². The number of alkyl halides is 3. The maximum Gasteiger partial charge on any atom is 0.416 e. The number of nitrogens with zero attached hydrogens (tertiary/aromatic N) is 4. The van der Waals surface area contributed by atoms with Gasteiger partial charge >= 0.3 is 12.2 Å². The van der Waals surface area contributed by atoms with E-state index >= 15 is 4.39 Å². The molecule has 0 saturated carbocycles. The molecule has 1 aromatic heterocycles. The van der Waals surface area contributed by atoms with E-state index < -0.39 is 29.5 Å². The molecule has 0 bridgehead atoms. The average Bonchev–Trinajstić information content (AvgIpc) is 3.47. The lowest BCUT2D eigenvalue weighted by atomic mass is 10.0. The van der Waals surface area contributed by atoms with Crippen LogP contribution in [0.5, 0.6) is 5.75 Å². The molecule has 0 unspecified atom stereocenters. The number of imide groups is 1. The summed E-state index contributed by atoms with van der Waals surface area (Å²) in [5, 5.41) is 10.4. The Morgan fingerprint density at radius 2 is 1.85 bits per heavy atom. The molecule has 0 radical (unpaired) electrons. The number of anilines is 2. The molecule has 4 aromatic rings. The molecule has 3 heterocycles. The monoisotopic (exact) mass is 638 g/mol. The van der Waals surface area contributed by atoms with E-state index in [1.54, 1.807) is 24.3 Å². The Kier molecular flexibility index (Phi) is 8.38. The van der Waals surface area contributed by atoms with Crippen molar-refractivity contribution in [2.24, 2.45) is 0 Å².